The molecule has 2 aliphatic rings. The molecular formula is C21H19FN4O2. The molecule has 28 heavy (non-hydrogen) atoms. The second-order valence-electron chi connectivity index (χ2n) is 7.35. The standard InChI is InChI=1S/C21H19FN4O2/c22-16-1-2-17-19(10-16)28-25-20(17)13-3-6-26(7-4-13)21-14(11-23)9-15-12-27-8-5-18(15)24-21/h1-2,9-10,13H,3-8,12H2. The first-order valence-electron chi connectivity index (χ1n) is 9.53. The summed E-state index contributed by atoms with van der Waals surface area (Å²) >= 11 is 0. The van der Waals surface area contributed by atoms with Gasteiger partial charge < -0.3 is 14.2 Å². The molecule has 5 rings (SSSR count). The summed E-state index contributed by atoms with van der Waals surface area (Å²) in [5.74, 6) is 0.700. The van der Waals surface area contributed by atoms with Crippen LogP contribution in [0.2, 0.25) is 0 Å². The third kappa shape index (κ3) is 2.90. The molecule has 142 valence electrons. The van der Waals surface area contributed by atoms with Crippen LogP contribution in [0, 0.1) is 17.1 Å². The lowest BCUT2D eigenvalue weighted by Gasteiger charge is -2.33. The maximum Gasteiger partial charge on any atom is 0.170 e. The first-order valence-corrected chi connectivity index (χ1v) is 9.53. The highest BCUT2D eigenvalue weighted by atomic mass is 19.1. The van der Waals surface area contributed by atoms with E-state index in [4.69, 9.17) is 14.2 Å². The number of nitrogens with zero attached hydrogens (tertiary/aromatic N) is 4. The molecule has 0 aliphatic carbocycles. The van der Waals surface area contributed by atoms with E-state index in [1.165, 1.54) is 12.1 Å². The van der Waals surface area contributed by atoms with Gasteiger partial charge in [0.2, 0.25) is 0 Å². The predicted molar refractivity (Wildman–Crippen MR) is 100 cm³/mol. The predicted octanol–water partition coefficient (Wildman–Crippen LogP) is 3.69. The zero-order valence-corrected chi connectivity index (χ0v) is 15.3. The van der Waals surface area contributed by atoms with Crippen molar-refractivity contribution in [3.8, 4) is 6.07 Å². The molecule has 0 unspecified atom stereocenters. The number of halogens is 1. The highest BCUT2D eigenvalue weighted by molar-refractivity contribution is 5.80. The average Bonchev–Trinajstić information content (AvgIpc) is 3.16. The molecule has 3 aromatic rings. The number of benzene rings is 1. The van der Waals surface area contributed by atoms with Crippen LogP contribution in [-0.4, -0.2) is 29.8 Å². The molecule has 0 bridgehead atoms. The van der Waals surface area contributed by atoms with Crippen molar-refractivity contribution in [1.82, 2.24) is 10.1 Å². The number of piperidine rings is 1. The maximum absolute atomic E-state index is 13.4. The van der Waals surface area contributed by atoms with Crippen molar-refractivity contribution in [2.24, 2.45) is 0 Å². The minimum Gasteiger partial charge on any atom is -0.376 e. The molecular weight excluding hydrogens is 359 g/mol. The van der Waals surface area contributed by atoms with Gasteiger partial charge >= 0.3 is 0 Å². The van der Waals surface area contributed by atoms with Gasteiger partial charge in [0, 0.05) is 42.4 Å². The molecule has 0 spiro atoms. The van der Waals surface area contributed by atoms with Crippen LogP contribution in [0.4, 0.5) is 10.2 Å². The lowest BCUT2D eigenvalue weighted by atomic mass is 9.91. The van der Waals surface area contributed by atoms with Gasteiger partial charge in [0.05, 0.1) is 30.2 Å². The van der Waals surface area contributed by atoms with Crippen molar-refractivity contribution >= 4 is 16.8 Å². The van der Waals surface area contributed by atoms with Crippen molar-refractivity contribution in [1.29, 1.82) is 5.26 Å². The zero-order chi connectivity index (χ0) is 19.1. The number of ether oxygens (including phenoxy) is 1. The molecule has 0 atom stereocenters. The number of anilines is 1. The second kappa shape index (κ2) is 6.88. The van der Waals surface area contributed by atoms with Gasteiger partial charge in [-0.1, -0.05) is 5.16 Å². The van der Waals surface area contributed by atoms with E-state index < -0.39 is 0 Å². The molecule has 0 radical (unpaired) electrons. The summed E-state index contributed by atoms with van der Waals surface area (Å²) in [5, 5.41) is 14.7. The Bertz CT molecular complexity index is 1080. The molecule has 1 aromatic carbocycles. The summed E-state index contributed by atoms with van der Waals surface area (Å²) in [6.07, 6.45) is 2.55. The smallest absolute Gasteiger partial charge is 0.170 e. The molecule has 0 N–H and O–H groups in total. The van der Waals surface area contributed by atoms with Crippen LogP contribution >= 0.6 is 0 Å². The normalized spacial score (nSPS) is 17.5. The highest BCUT2D eigenvalue weighted by Gasteiger charge is 2.28. The molecule has 0 saturated carbocycles. The van der Waals surface area contributed by atoms with Crippen LogP contribution in [-0.2, 0) is 17.8 Å². The number of rotatable bonds is 2. The number of pyridine rings is 1. The lowest BCUT2D eigenvalue weighted by Crippen LogP contribution is -2.34. The highest BCUT2D eigenvalue weighted by Crippen LogP contribution is 2.35. The summed E-state index contributed by atoms with van der Waals surface area (Å²) in [4.78, 5) is 6.99. The molecule has 2 aromatic heterocycles. The Morgan fingerprint density at radius 2 is 2.07 bits per heavy atom. The van der Waals surface area contributed by atoms with Crippen LogP contribution in [0.25, 0.3) is 11.0 Å². The van der Waals surface area contributed by atoms with E-state index in [1.807, 2.05) is 6.07 Å². The molecule has 1 fully saturated rings. The van der Waals surface area contributed by atoms with Crippen LogP contribution in [0.5, 0.6) is 0 Å². The Balaban J connectivity index is 1.38. The van der Waals surface area contributed by atoms with E-state index in [-0.39, 0.29) is 11.7 Å². The van der Waals surface area contributed by atoms with E-state index in [1.54, 1.807) is 6.07 Å². The molecule has 1 saturated heterocycles. The van der Waals surface area contributed by atoms with Gasteiger partial charge in [-0.2, -0.15) is 5.26 Å². The summed E-state index contributed by atoms with van der Waals surface area (Å²) in [7, 11) is 0. The van der Waals surface area contributed by atoms with Crippen molar-refractivity contribution in [2.75, 3.05) is 24.6 Å². The summed E-state index contributed by atoms with van der Waals surface area (Å²) in [6, 6.07) is 8.77. The van der Waals surface area contributed by atoms with Crippen molar-refractivity contribution in [3.05, 3.63) is 52.6 Å². The van der Waals surface area contributed by atoms with Crippen molar-refractivity contribution in [3.63, 3.8) is 0 Å². The summed E-state index contributed by atoms with van der Waals surface area (Å²) in [6.45, 7) is 2.78. The van der Waals surface area contributed by atoms with E-state index in [2.05, 4.69) is 16.1 Å². The van der Waals surface area contributed by atoms with Gasteiger partial charge in [-0.3, -0.25) is 0 Å². The maximum atomic E-state index is 13.4. The SMILES string of the molecule is N#Cc1cc2c(nc1N1CCC(c3noc4cc(F)ccc34)CC1)CCOC2. The fourth-order valence-corrected chi connectivity index (χ4v) is 4.19. The van der Waals surface area contributed by atoms with Gasteiger partial charge in [-0.05, 0) is 31.0 Å². The van der Waals surface area contributed by atoms with Crippen LogP contribution in [0.15, 0.2) is 28.8 Å². The minimum absolute atomic E-state index is 0.250. The topological polar surface area (TPSA) is 75.2 Å². The first kappa shape index (κ1) is 17.1. The molecule has 2 aliphatic heterocycles. The molecule has 0 amide bonds. The Morgan fingerprint density at radius 1 is 1.21 bits per heavy atom. The molecule has 4 heterocycles. The van der Waals surface area contributed by atoms with Crippen molar-refractivity contribution in [2.45, 2.75) is 31.8 Å². The number of aromatic nitrogens is 2. The van der Waals surface area contributed by atoms with Gasteiger partial charge in [0.25, 0.3) is 0 Å². The fraction of sp³-hybridized carbons (Fsp3) is 0.381. The minimum atomic E-state index is -0.321. The van der Waals surface area contributed by atoms with E-state index in [9.17, 15) is 9.65 Å². The van der Waals surface area contributed by atoms with E-state index >= 15 is 0 Å². The van der Waals surface area contributed by atoms with Gasteiger partial charge in [-0.15, -0.1) is 0 Å². The Morgan fingerprint density at radius 3 is 2.89 bits per heavy atom. The third-order valence-corrected chi connectivity index (χ3v) is 5.68. The van der Waals surface area contributed by atoms with Gasteiger partial charge in [0.1, 0.15) is 17.7 Å². The van der Waals surface area contributed by atoms with Gasteiger partial charge in [-0.25, -0.2) is 9.37 Å². The summed E-state index contributed by atoms with van der Waals surface area (Å²) < 4.78 is 24.2. The molecule has 7 heteroatoms. The fourth-order valence-electron chi connectivity index (χ4n) is 4.19. The first-order chi connectivity index (χ1) is 13.7. The number of nitriles is 1. The zero-order valence-electron chi connectivity index (χ0n) is 15.3. The van der Waals surface area contributed by atoms with Crippen LogP contribution in [0.3, 0.4) is 0 Å². The monoisotopic (exact) mass is 378 g/mol. The van der Waals surface area contributed by atoms with Crippen LogP contribution in [0.1, 0.15) is 41.3 Å². The second-order valence-corrected chi connectivity index (χ2v) is 7.35. The number of hydrogen-bond acceptors (Lipinski definition) is 6. The summed E-state index contributed by atoms with van der Waals surface area (Å²) in [5.41, 5.74) is 4.04. The van der Waals surface area contributed by atoms with Crippen LogP contribution < -0.4 is 4.90 Å². The Kier molecular flexibility index (Phi) is 4.21. The average molecular weight is 378 g/mol. The Hall–Kier alpha value is -2.98. The van der Waals surface area contributed by atoms with E-state index in [0.29, 0.717) is 24.4 Å². The quantitative estimate of drug-likeness (QED) is 0.677. The number of fused-ring (bicyclic) bond motifs is 2. The van der Waals surface area contributed by atoms with E-state index in [0.717, 1.165) is 60.5 Å². The third-order valence-electron chi connectivity index (χ3n) is 5.68. The Labute approximate surface area is 161 Å². The number of hydrogen-bond donors (Lipinski definition) is 0. The van der Waals surface area contributed by atoms with Gasteiger partial charge in [0.15, 0.2) is 5.58 Å². The van der Waals surface area contributed by atoms with Crippen molar-refractivity contribution < 1.29 is 13.7 Å². The lowest BCUT2D eigenvalue weighted by molar-refractivity contribution is 0.109. The largest absolute Gasteiger partial charge is 0.376 e. The molecule has 6 nitrogen and oxygen atoms in total.